The summed E-state index contributed by atoms with van der Waals surface area (Å²) in [5, 5.41) is 12.3. The number of hydrogen-bond donors (Lipinski definition) is 2. The Balaban J connectivity index is 2.44. The number of halogens is 2. The number of carboxylic acid groups (broad SMARTS) is 1. The zero-order chi connectivity index (χ0) is 16.6. The molecule has 0 fully saturated rings. The number of pyridine rings is 1. The monoisotopic (exact) mass is 322 g/mol. The van der Waals surface area contributed by atoms with E-state index in [0.29, 0.717) is 29.6 Å². The van der Waals surface area contributed by atoms with Crippen LogP contribution in [0.5, 0.6) is 0 Å². The van der Waals surface area contributed by atoms with E-state index in [1.54, 1.807) is 0 Å². The Morgan fingerprint density at radius 2 is 2.17 bits per heavy atom. The lowest BCUT2D eigenvalue weighted by molar-refractivity contribution is 0.0694. The minimum atomic E-state index is -1.40. The minimum absolute atomic E-state index is 0.00324. The van der Waals surface area contributed by atoms with E-state index in [0.717, 1.165) is 25.2 Å². The SMILES string of the molecule is O=C(O)c1cn(CCF)c2c3c(c(F)cc2c1=O)CNCCC3. The van der Waals surface area contributed by atoms with Crippen LogP contribution in [0.15, 0.2) is 17.1 Å². The molecule has 0 saturated carbocycles. The Labute approximate surface area is 130 Å². The van der Waals surface area contributed by atoms with Crippen LogP contribution in [0.4, 0.5) is 8.78 Å². The molecule has 23 heavy (non-hydrogen) atoms. The van der Waals surface area contributed by atoms with Gasteiger partial charge in [-0.05, 0) is 31.0 Å². The molecule has 1 aliphatic rings. The van der Waals surface area contributed by atoms with Gasteiger partial charge in [0.05, 0.1) is 12.1 Å². The van der Waals surface area contributed by atoms with Crippen LogP contribution >= 0.6 is 0 Å². The molecular formula is C16H16F2N2O3. The van der Waals surface area contributed by atoms with Gasteiger partial charge in [0.15, 0.2) is 0 Å². The number of nitrogens with one attached hydrogen (secondary N) is 1. The second-order valence-electron chi connectivity index (χ2n) is 5.55. The molecule has 1 aromatic carbocycles. The Morgan fingerprint density at radius 1 is 1.39 bits per heavy atom. The smallest absolute Gasteiger partial charge is 0.341 e. The van der Waals surface area contributed by atoms with Crippen LogP contribution in [0.25, 0.3) is 10.9 Å². The van der Waals surface area contributed by atoms with E-state index in [9.17, 15) is 18.4 Å². The number of aryl methyl sites for hydroxylation is 2. The van der Waals surface area contributed by atoms with E-state index in [4.69, 9.17) is 5.11 Å². The van der Waals surface area contributed by atoms with E-state index in [2.05, 4.69) is 5.32 Å². The molecule has 0 saturated heterocycles. The number of rotatable bonds is 3. The fourth-order valence-corrected chi connectivity index (χ4v) is 3.14. The van der Waals surface area contributed by atoms with Crippen molar-refractivity contribution in [2.24, 2.45) is 0 Å². The number of carbonyl (C=O) groups is 1. The molecule has 0 amide bonds. The number of alkyl halides is 1. The molecule has 3 rings (SSSR count). The summed E-state index contributed by atoms with van der Waals surface area (Å²) in [5.74, 6) is -1.94. The highest BCUT2D eigenvalue weighted by atomic mass is 19.1. The van der Waals surface area contributed by atoms with Crippen molar-refractivity contribution in [1.29, 1.82) is 0 Å². The number of hydrogen-bond acceptors (Lipinski definition) is 3. The third-order valence-electron chi connectivity index (χ3n) is 4.16. The summed E-state index contributed by atoms with van der Waals surface area (Å²) in [6.07, 6.45) is 2.47. The van der Waals surface area contributed by atoms with E-state index >= 15 is 0 Å². The summed E-state index contributed by atoms with van der Waals surface area (Å²) in [6, 6.07) is 1.07. The summed E-state index contributed by atoms with van der Waals surface area (Å²) in [5.41, 5.74) is 0.355. The average Bonchev–Trinajstić information content (AvgIpc) is 2.76. The molecule has 2 heterocycles. The normalized spacial score (nSPS) is 14.5. The van der Waals surface area contributed by atoms with Gasteiger partial charge in [0.25, 0.3) is 0 Å². The van der Waals surface area contributed by atoms with Crippen molar-refractivity contribution in [2.75, 3.05) is 13.2 Å². The maximum atomic E-state index is 14.4. The maximum Gasteiger partial charge on any atom is 0.341 e. The van der Waals surface area contributed by atoms with Gasteiger partial charge in [-0.3, -0.25) is 4.79 Å². The van der Waals surface area contributed by atoms with Crippen molar-refractivity contribution < 1.29 is 18.7 Å². The number of carboxylic acids is 1. The van der Waals surface area contributed by atoms with Gasteiger partial charge >= 0.3 is 5.97 Å². The Morgan fingerprint density at radius 3 is 2.87 bits per heavy atom. The number of benzene rings is 1. The summed E-state index contributed by atoms with van der Waals surface area (Å²) in [4.78, 5) is 23.6. The maximum absolute atomic E-state index is 14.4. The fraction of sp³-hybridized carbons (Fsp3) is 0.375. The van der Waals surface area contributed by atoms with Gasteiger partial charge in [-0.25, -0.2) is 13.6 Å². The fourth-order valence-electron chi connectivity index (χ4n) is 3.14. The van der Waals surface area contributed by atoms with Crippen molar-refractivity contribution in [3.8, 4) is 0 Å². The molecular weight excluding hydrogens is 306 g/mol. The first-order chi connectivity index (χ1) is 11.0. The largest absolute Gasteiger partial charge is 0.477 e. The molecule has 0 spiro atoms. The van der Waals surface area contributed by atoms with Crippen LogP contribution in [0.1, 0.15) is 27.9 Å². The molecule has 0 unspecified atom stereocenters. The van der Waals surface area contributed by atoms with E-state index in [1.165, 1.54) is 4.57 Å². The van der Waals surface area contributed by atoms with Crippen LogP contribution in [-0.4, -0.2) is 28.9 Å². The first-order valence-corrected chi connectivity index (χ1v) is 7.42. The van der Waals surface area contributed by atoms with Crippen molar-refractivity contribution in [3.63, 3.8) is 0 Å². The average molecular weight is 322 g/mol. The highest BCUT2D eigenvalue weighted by Crippen LogP contribution is 2.27. The minimum Gasteiger partial charge on any atom is -0.477 e. The van der Waals surface area contributed by atoms with Crippen LogP contribution in [-0.2, 0) is 19.5 Å². The molecule has 2 N–H and O–H groups in total. The van der Waals surface area contributed by atoms with Crippen molar-refractivity contribution in [1.82, 2.24) is 9.88 Å². The van der Waals surface area contributed by atoms with Crippen LogP contribution in [0, 0.1) is 5.82 Å². The quantitative estimate of drug-likeness (QED) is 0.905. The number of aromatic carboxylic acids is 1. The first kappa shape index (κ1) is 15.6. The molecule has 0 radical (unpaired) electrons. The summed E-state index contributed by atoms with van der Waals surface area (Å²) >= 11 is 0. The van der Waals surface area contributed by atoms with Gasteiger partial charge < -0.3 is 15.0 Å². The molecule has 5 nitrogen and oxygen atoms in total. The zero-order valence-corrected chi connectivity index (χ0v) is 12.4. The van der Waals surface area contributed by atoms with Crippen LogP contribution < -0.4 is 10.7 Å². The highest BCUT2D eigenvalue weighted by Gasteiger charge is 2.22. The van der Waals surface area contributed by atoms with Crippen molar-refractivity contribution >= 4 is 16.9 Å². The lowest BCUT2D eigenvalue weighted by Gasteiger charge is -2.17. The topological polar surface area (TPSA) is 71.3 Å². The van der Waals surface area contributed by atoms with Crippen molar-refractivity contribution in [3.05, 3.63) is 45.0 Å². The van der Waals surface area contributed by atoms with E-state index in [1.807, 2.05) is 0 Å². The van der Waals surface area contributed by atoms with Gasteiger partial charge in [0.1, 0.15) is 18.1 Å². The molecule has 0 atom stereocenters. The lowest BCUT2D eigenvalue weighted by atomic mass is 9.97. The Bertz CT molecular complexity index is 846. The second-order valence-corrected chi connectivity index (χ2v) is 5.55. The zero-order valence-electron chi connectivity index (χ0n) is 12.4. The van der Waals surface area contributed by atoms with Gasteiger partial charge in [-0.2, -0.15) is 0 Å². The lowest BCUT2D eigenvalue weighted by Crippen LogP contribution is -2.21. The predicted molar refractivity (Wildman–Crippen MR) is 81.1 cm³/mol. The molecule has 0 bridgehead atoms. The number of aromatic nitrogens is 1. The molecule has 0 aliphatic carbocycles. The predicted octanol–water partition coefficient (Wildman–Crippen LogP) is 1.84. The van der Waals surface area contributed by atoms with Crippen LogP contribution in [0.3, 0.4) is 0 Å². The van der Waals surface area contributed by atoms with E-state index < -0.39 is 29.5 Å². The molecule has 122 valence electrons. The van der Waals surface area contributed by atoms with Gasteiger partial charge in [0.2, 0.25) is 5.43 Å². The number of nitrogens with zero attached hydrogens (tertiary/aromatic N) is 1. The third kappa shape index (κ3) is 2.61. The first-order valence-electron chi connectivity index (χ1n) is 7.42. The summed E-state index contributed by atoms with van der Waals surface area (Å²) < 4.78 is 28.7. The molecule has 2 aromatic rings. The van der Waals surface area contributed by atoms with Crippen LogP contribution in [0.2, 0.25) is 0 Å². The molecule has 1 aromatic heterocycles. The summed E-state index contributed by atoms with van der Waals surface area (Å²) in [6.45, 7) is 0.266. The van der Waals surface area contributed by atoms with Gasteiger partial charge in [-0.15, -0.1) is 0 Å². The van der Waals surface area contributed by atoms with Gasteiger partial charge in [-0.1, -0.05) is 0 Å². The Hall–Kier alpha value is -2.28. The summed E-state index contributed by atoms with van der Waals surface area (Å²) in [7, 11) is 0. The van der Waals surface area contributed by atoms with Crippen molar-refractivity contribution in [2.45, 2.75) is 25.9 Å². The molecule has 1 aliphatic heterocycles. The highest BCUT2D eigenvalue weighted by molar-refractivity contribution is 5.93. The molecule has 7 heteroatoms. The Kier molecular flexibility index (Phi) is 4.12. The number of fused-ring (bicyclic) bond motifs is 3. The second kappa shape index (κ2) is 6.08. The van der Waals surface area contributed by atoms with Gasteiger partial charge in [0, 0.05) is 23.7 Å². The van der Waals surface area contributed by atoms with E-state index in [-0.39, 0.29) is 11.9 Å². The third-order valence-corrected chi connectivity index (χ3v) is 4.16. The standard InChI is InChI=1S/C16H16F2N2O3/c17-3-5-20-8-12(16(22)23)15(21)10-6-13(18)11-7-19-4-1-2-9(11)14(10)20/h6,8,19H,1-5,7H2,(H,22,23).